The number of likely N-dealkylation sites (tertiary alicyclic amines) is 1. The molecule has 0 saturated carbocycles. The molecule has 27 heavy (non-hydrogen) atoms. The van der Waals surface area contributed by atoms with Crippen LogP contribution in [0.15, 0.2) is 48.5 Å². The first-order valence-corrected chi connectivity index (χ1v) is 9.39. The quantitative estimate of drug-likeness (QED) is 0.790. The van der Waals surface area contributed by atoms with Gasteiger partial charge in [-0.15, -0.1) is 0 Å². The number of esters is 1. The molecule has 0 atom stereocenters. The highest BCUT2D eigenvalue weighted by atomic mass is 35.5. The van der Waals surface area contributed by atoms with Gasteiger partial charge in [-0.1, -0.05) is 29.8 Å². The van der Waals surface area contributed by atoms with E-state index in [4.69, 9.17) is 11.6 Å². The average molecular weight is 387 g/mol. The molecule has 1 fully saturated rings. The Morgan fingerprint density at radius 3 is 2.41 bits per heavy atom. The lowest BCUT2D eigenvalue weighted by atomic mass is 9.95. The van der Waals surface area contributed by atoms with E-state index in [0.29, 0.717) is 11.3 Å². The van der Waals surface area contributed by atoms with E-state index in [9.17, 15) is 9.59 Å². The number of amides is 1. The summed E-state index contributed by atoms with van der Waals surface area (Å²) in [5, 5.41) is 3.72. The molecule has 3 rings (SSSR count). The van der Waals surface area contributed by atoms with Gasteiger partial charge >= 0.3 is 5.97 Å². The Kier molecular flexibility index (Phi) is 6.48. The number of anilines is 1. The number of hydrogen-bond acceptors (Lipinski definition) is 4. The fraction of sp³-hybridized carbons (Fsp3) is 0.333. The molecule has 1 amide bonds. The van der Waals surface area contributed by atoms with Gasteiger partial charge in [-0.2, -0.15) is 0 Å². The van der Waals surface area contributed by atoms with Crippen LogP contribution in [0.1, 0.15) is 28.8 Å². The number of benzene rings is 2. The standard InChI is InChI=1S/C21H23ClN2O3/c1-27-21(26)16-6-8-18(9-7-16)23-20(25)15-10-12-24(13-11-15)14-17-4-2-3-5-19(17)22/h2-9,15H,10-14H2,1H3,(H,23,25). The van der Waals surface area contributed by atoms with E-state index >= 15 is 0 Å². The number of halogens is 1. The van der Waals surface area contributed by atoms with Gasteiger partial charge in [0, 0.05) is 23.2 Å². The Labute approximate surface area is 164 Å². The lowest BCUT2D eigenvalue weighted by Gasteiger charge is -2.31. The molecule has 5 nitrogen and oxygen atoms in total. The number of piperidine rings is 1. The fourth-order valence-corrected chi connectivity index (χ4v) is 3.47. The monoisotopic (exact) mass is 386 g/mol. The summed E-state index contributed by atoms with van der Waals surface area (Å²) in [5.74, 6) is -0.371. The number of hydrogen-bond donors (Lipinski definition) is 1. The number of nitrogens with one attached hydrogen (secondary N) is 1. The van der Waals surface area contributed by atoms with Crippen LogP contribution in [0.4, 0.5) is 5.69 Å². The third-order valence-electron chi connectivity index (χ3n) is 4.88. The molecule has 2 aromatic rings. The summed E-state index contributed by atoms with van der Waals surface area (Å²) < 4.78 is 4.67. The minimum absolute atomic E-state index is 0.00669. The zero-order valence-corrected chi connectivity index (χ0v) is 16.0. The first-order valence-electron chi connectivity index (χ1n) is 9.02. The predicted molar refractivity (Wildman–Crippen MR) is 106 cm³/mol. The van der Waals surface area contributed by atoms with Gasteiger partial charge in [-0.3, -0.25) is 9.69 Å². The van der Waals surface area contributed by atoms with Crippen LogP contribution in [0.25, 0.3) is 0 Å². The summed E-state index contributed by atoms with van der Waals surface area (Å²) >= 11 is 6.23. The second-order valence-electron chi connectivity index (χ2n) is 6.70. The highest BCUT2D eigenvalue weighted by Gasteiger charge is 2.25. The molecule has 0 spiro atoms. The van der Waals surface area contributed by atoms with Gasteiger partial charge in [-0.25, -0.2) is 4.79 Å². The number of rotatable bonds is 5. The lowest BCUT2D eigenvalue weighted by molar-refractivity contribution is -0.121. The number of carbonyl (C=O) groups is 2. The highest BCUT2D eigenvalue weighted by Crippen LogP contribution is 2.23. The van der Waals surface area contributed by atoms with Crippen LogP contribution in [-0.2, 0) is 16.1 Å². The molecular formula is C21H23ClN2O3. The lowest BCUT2D eigenvalue weighted by Crippen LogP contribution is -2.37. The summed E-state index contributed by atoms with van der Waals surface area (Å²) in [6, 6.07) is 14.6. The van der Waals surface area contributed by atoms with Gasteiger partial charge in [0.1, 0.15) is 0 Å². The van der Waals surface area contributed by atoms with Crippen molar-refractivity contribution in [1.29, 1.82) is 0 Å². The SMILES string of the molecule is COC(=O)c1ccc(NC(=O)C2CCN(Cc3ccccc3Cl)CC2)cc1. The molecular weight excluding hydrogens is 364 g/mol. The zero-order valence-electron chi connectivity index (χ0n) is 15.3. The smallest absolute Gasteiger partial charge is 0.337 e. The molecule has 0 aliphatic carbocycles. The van der Waals surface area contributed by atoms with Crippen molar-refractivity contribution < 1.29 is 14.3 Å². The zero-order chi connectivity index (χ0) is 19.2. The van der Waals surface area contributed by atoms with E-state index in [-0.39, 0.29) is 11.8 Å². The van der Waals surface area contributed by atoms with Crippen molar-refractivity contribution in [2.24, 2.45) is 5.92 Å². The normalized spacial score (nSPS) is 15.3. The van der Waals surface area contributed by atoms with Crippen molar-refractivity contribution in [3.05, 3.63) is 64.7 Å². The van der Waals surface area contributed by atoms with Crippen molar-refractivity contribution in [2.75, 3.05) is 25.5 Å². The van der Waals surface area contributed by atoms with Crippen LogP contribution in [-0.4, -0.2) is 37.0 Å². The minimum atomic E-state index is -0.390. The predicted octanol–water partition coefficient (Wildman–Crippen LogP) is 3.98. The molecule has 1 N–H and O–H groups in total. The van der Waals surface area contributed by atoms with E-state index in [1.54, 1.807) is 24.3 Å². The number of nitrogens with zero attached hydrogens (tertiary/aromatic N) is 1. The average Bonchev–Trinajstić information content (AvgIpc) is 2.70. The van der Waals surface area contributed by atoms with Gasteiger partial charge in [0.15, 0.2) is 0 Å². The van der Waals surface area contributed by atoms with Crippen molar-refractivity contribution in [3.8, 4) is 0 Å². The molecule has 0 radical (unpaired) electrons. The van der Waals surface area contributed by atoms with Crippen LogP contribution in [0.5, 0.6) is 0 Å². The molecule has 0 unspecified atom stereocenters. The molecule has 0 bridgehead atoms. The topological polar surface area (TPSA) is 58.6 Å². The maximum atomic E-state index is 12.5. The maximum absolute atomic E-state index is 12.5. The summed E-state index contributed by atoms with van der Waals surface area (Å²) in [5.41, 5.74) is 2.27. The molecule has 1 heterocycles. The third kappa shape index (κ3) is 5.08. The molecule has 6 heteroatoms. The van der Waals surface area contributed by atoms with Crippen molar-refractivity contribution in [1.82, 2.24) is 4.90 Å². The largest absolute Gasteiger partial charge is 0.465 e. The maximum Gasteiger partial charge on any atom is 0.337 e. The Bertz CT molecular complexity index is 799. The number of ether oxygens (including phenoxy) is 1. The van der Waals surface area contributed by atoms with Crippen LogP contribution in [0.2, 0.25) is 5.02 Å². The first kappa shape index (κ1) is 19.4. The number of methoxy groups -OCH3 is 1. The van der Waals surface area contributed by atoms with E-state index in [1.807, 2.05) is 24.3 Å². The Hall–Kier alpha value is -2.37. The molecule has 1 saturated heterocycles. The second kappa shape index (κ2) is 9.02. The van der Waals surface area contributed by atoms with Crippen LogP contribution in [0, 0.1) is 5.92 Å². The third-order valence-corrected chi connectivity index (χ3v) is 5.25. The number of carbonyl (C=O) groups excluding carboxylic acids is 2. The second-order valence-corrected chi connectivity index (χ2v) is 7.11. The molecule has 142 valence electrons. The van der Waals surface area contributed by atoms with Gasteiger partial charge < -0.3 is 10.1 Å². The summed E-state index contributed by atoms with van der Waals surface area (Å²) in [7, 11) is 1.34. The molecule has 0 aromatic heterocycles. The van der Waals surface area contributed by atoms with Crippen LogP contribution >= 0.6 is 11.6 Å². The van der Waals surface area contributed by atoms with Gasteiger partial charge in [0.05, 0.1) is 12.7 Å². The summed E-state index contributed by atoms with van der Waals surface area (Å²) in [6.45, 7) is 2.54. The highest BCUT2D eigenvalue weighted by molar-refractivity contribution is 6.31. The Morgan fingerprint density at radius 2 is 1.78 bits per heavy atom. The van der Waals surface area contributed by atoms with E-state index in [2.05, 4.69) is 15.0 Å². The van der Waals surface area contributed by atoms with Gasteiger partial charge in [-0.05, 0) is 61.8 Å². The summed E-state index contributed by atoms with van der Waals surface area (Å²) in [6.07, 6.45) is 1.63. The molecule has 1 aliphatic rings. The van der Waals surface area contributed by atoms with Gasteiger partial charge in [0.25, 0.3) is 0 Å². The molecule has 1 aliphatic heterocycles. The van der Waals surface area contributed by atoms with E-state index < -0.39 is 5.97 Å². The summed E-state index contributed by atoms with van der Waals surface area (Å²) in [4.78, 5) is 26.3. The fourth-order valence-electron chi connectivity index (χ4n) is 3.27. The molecule has 2 aromatic carbocycles. The Morgan fingerprint density at radius 1 is 1.11 bits per heavy atom. The van der Waals surface area contributed by atoms with Gasteiger partial charge in [0.2, 0.25) is 5.91 Å². The van der Waals surface area contributed by atoms with Crippen molar-refractivity contribution in [3.63, 3.8) is 0 Å². The van der Waals surface area contributed by atoms with E-state index in [1.165, 1.54) is 7.11 Å². The van der Waals surface area contributed by atoms with Crippen LogP contribution < -0.4 is 5.32 Å². The first-order chi connectivity index (χ1) is 13.1. The van der Waals surface area contributed by atoms with Crippen molar-refractivity contribution in [2.45, 2.75) is 19.4 Å². The Balaban J connectivity index is 1.50. The van der Waals surface area contributed by atoms with E-state index in [0.717, 1.165) is 43.1 Å². The van der Waals surface area contributed by atoms with Crippen LogP contribution in [0.3, 0.4) is 0 Å². The minimum Gasteiger partial charge on any atom is -0.465 e. The van der Waals surface area contributed by atoms with Crippen molar-refractivity contribution >= 4 is 29.2 Å².